The van der Waals surface area contributed by atoms with E-state index in [0.717, 1.165) is 37.1 Å². The van der Waals surface area contributed by atoms with E-state index in [-0.39, 0.29) is 24.0 Å². The van der Waals surface area contributed by atoms with Crippen molar-refractivity contribution in [3.05, 3.63) is 47.8 Å². The first-order chi connectivity index (χ1) is 11.0. The lowest BCUT2D eigenvalue weighted by Crippen LogP contribution is -2.40. The number of hydrogen-bond acceptors (Lipinski definition) is 4. The molecule has 9 heteroatoms. The van der Waals surface area contributed by atoms with Crippen LogP contribution in [0.4, 0.5) is 13.2 Å². The van der Waals surface area contributed by atoms with Gasteiger partial charge in [-0.15, -0.1) is 24.0 Å². The van der Waals surface area contributed by atoms with Crippen LogP contribution in [-0.4, -0.2) is 28.8 Å². The highest BCUT2D eigenvalue weighted by Gasteiger charge is 2.33. The van der Waals surface area contributed by atoms with E-state index in [0.29, 0.717) is 12.2 Å². The van der Waals surface area contributed by atoms with Gasteiger partial charge in [-0.1, -0.05) is 12.1 Å². The van der Waals surface area contributed by atoms with Crippen LogP contribution in [0.1, 0.15) is 17.7 Å². The minimum absolute atomic E-state index is 0. The molecule has 0 spiro atoms. The molecule has 2 N–H and O–H groups in total. The number of alkyl halides is 3. The van der Waals surface area contributed by atoms with Crippen LogP contribution < -0.4 is 10.6 Å². The maximum atomic E-state index is 12.6. The van der Waals surface area contributed by atoms with Gasteiger partial charge in [0.15, 0.2) is 11.7 Å². The summed E-state index contributed by atoms with van der Waals surface area (Å²) in [6.45, 7) is 2.32. The zero-order chi connectivity index (χ0) is 16.3. The van der Waals surface area contributed by atoms with Crippen molar-refractivity contribution in [2.24, 2.45) is 4.99 Å². The van der Waals surface area contributed by atoms with Crippen LogP contribution in [0.25, 0.3) is 5.69 Å². The lowest BCUT2D eigenvalue weighted by atomic mass is 10.2. The molecule has 1 aliphatic heterocycles. The van der Waals surface area contributed by atoms with Crippen LogP contribution in [0.2, 0.25) is 0 Å². The number of nitrogens with zero attached hydrogens (tertiary/aromatic N) is 3. The third-order valence-electron chi connectivity index (χ3n) is 3.44. The van der Waals surface area contributed by atoms with Crippen molar-refractivity contribution in [3.8, 4) is 5.69 Å². The van der Waals surface area contributed by atoms with Gasteiger partial charge in [-0.05, 0) is 30.2 Å². The minimum Gasteiger partial charge on any atom is -0.356 e. The fraction of sp³-hybridized carbons (Fsp3) is 0.333. The highest BCUT2D eigenvalue weighted by molar-refractivity contribution is 14.0. The molecule has 0 unspecified atom stereocenters. The molecule has 0 fully saturated rings. The van der Waals surface area contributed by atoms with Gasteiger partial charge in [-0.3, -0.25) is 4.99 Å². The fourth-order valence-electron chi connectivity index (χ4n) is 2.22. The first-order valence-electron chi connectivity index (χ1n) is 7.27. The molecule has 130 valence electrons. The molecule has 1 aliphatic rings. The largest absolute Gasteiger partial charge is 0.435 e. The molecule has 0 atom stereocenters. The average Bonchev–Trinajstić information content (AvgIpc) is 3.05. The summed E-state index contributed by atoms with van der Waals surface area (Å²) in [7, 11) is 0. The second kappa shape index (κ2) is 7.86. The molecule has 0 amide bonds. The smallest absolute Gasteiger partial charge is 0.356 e. The number of hydrogen-bond donors (Lipinski definition) is 2. The predicted octanol–water partition coefficient (Wildman–Crippen LogP) is 2.95. The van der Waals surface area contributed by atoms with Crippen molar-refractivity contribution in [2.75, 3.05) is 13.1 Å². The molecule has 0 saturated carbocycles. The fourth-order valence-corrected chi connectivity index (χ4v) is 2.22. The second-order valence-electron chi connectivity index (χ2n) is 5.17. The van der Waals surface area contributed by atoms with Gasteiger partial charge >= 0.3 is 6.18 Å². The van der Waals surface area contributed by atoms with Gasteiger partial charge in [-0.2, -0.15) is 18.3 Å². The maximum absolute atomic E-state index is 12.6. The van der Waals surface area contributed by atoms with Crippen molar-refractivity contribution < 1.29 is 13.2 Å². The Balaban J connectivity index is 0.00000208. The quantitative estimate of drug-likeness (QED) is 0.706. The number of rotatable bonds is 3. The van der Waals surface area contributed by atoms with Gasteiger partial charge in [0.05, 0.1) is 5.69 Å². The lowest BCUT2D eigenvalue weighted by molar-refractivity contribution is -0.141. The Morgan fingerprint density at radius 2 is 1.92 bits per heavy atom. The third kappa shape index (κ3) is 4.62. The topological polar surface area (TPSA) is 54.2 Å². The van der Waals surface area contributed by atoms with Crippen LogP contribution in [0, 0.1) is 0 Å². The Kier molecular flexibility index (Phi) is 6.08. The Hall–Kier alpha value is -1.78. The van der Waals surface area contributed by atoms with Gasteiger partial charge in [-0.25, -0.2) is 4.68 Å². The molecule has 5 nitrogen and oxygen atoms in total. The summed E-state index contributed by atoms with van der Waals surface area (Å²) in [5, 5.41) is 9.90. The number of halogens is 4. The summed E-state index contributed by atoms with van der Waals surface area (Å²) >= 11 is 0. The number of benzene rings is 1. The van der Waals surface area contributed by atoms with Crippen LogP contribution in [0.5, 0.6) is 0 Å². The van der Waals surface area contributed by atoms with Gasteiger partial charge in [0.25, 0.3) is 0 Å². The zero-order valence-corrected chi connectivity index (χ0v) is 15.0. The summed E-state index contributed by atoms with van der Waals surface area (Å²) in [4.78, 5) is 4.31. The first kappa shape index (κ1) is 18.6. The summed E-state index contributed by atoms with van der Waals surface area (Å²) in [6, 6.07) is 8.13. The van der Waals surface area contributed by atoms with Crippen molar-refractivity contribution >= 4 is 29.9 Å². The Labute approximate surface area is 154 Å². The van der Waals surface area contributed by atoms with Gasteiger partial charge in [0.1, 0.15) is 0 Å². The number of nitrogens with one attached hydrogen (secondary N) is 2. The average molecular weight is 451 g/mol. The highest BCUT2D eigenvalue weighted by atomic mass is 127. The van der Waals surface area contributed by atoms with Gasteiger partial charge < -0.3 is 10.6 Å². The van der Waals surface area contributed by atoms with Crippen LogP contribution in [-0.2, 0) is 12.7 Å². The molecule has 1 aromatic heterocycles. The van der Waals surface area contributed by atoms with E-state index in [4.69, 9.17) is 0 Å². The van der Waals surface area contributed by atoms with E-state index >= 15 is 0 Å². The molecule has 0 saturated heterocycles. The summed E-state index contributed by atoms with van der Waals surface area (Å²) in [6.07, 6.45) is -2.09. The maximum Gasteiger partial charge on any atom is 0.435 e. The standard InChI is InChI=1S/C15H16F3N5.HI/c16-15(17,18)13-6-9-23(22-13)12-4-2-11(3-5-12)10-21-14-19-7-1-8-20-14;/h2-6,9H,1,7-8,10H2,(H2,19,20,21);1H. The molecular formula is C15H17F3IN5. The number of aliphatic imine (C=N–C) groups is 1. The summed E-state index contributed by atoms with van der Waals surface area (Å²) < 4.78 is 38.9. The summed E-state index contributed by atoms with van der Waals surface area (Å²) in [5.41, 5.74) is 0.689. The molecular weight excluding hydrogens is 434 g/mol. The second-order valence-corrected chi connectivity index (χ2v) is 5.17. The van der Waals surface area contributed by atoms with E-state index in [1.54, 1.807) is 12.1 Å². The third-order valence-corrected chi connectivity index (χ3v) is 3.44. The minimum atomic E-state index is -4.43. The molecule has 0 radical (unpaired) electrons. The van der Waals surface area contributed by atoms with Crippen molar-refractivity contribution in [3.63, 3.8) is 0 Å². The van der Waals surface area contributed by atoms with Crippen molar-refractivity contribution in [1.29, 1.82) is 0 Å². The van der Waals surface area contributed by atoms with E-state index in [2.05, 4.69) is 20.7 Å². The number of guanidine groups is 1. The SMILES string of the molecule is FC(F)(F)c1ccn(-c2ccc(CNC3=NCCCN3)cc2)n1.I. The molecule has 1 aromatic carbocycles. The Morgan fingerprint density at radius 3 is 2.50 bits per heavy atom. The van der Waals surface area contributed by atoms with Crippen LogP contribution in [0.15, 0.2) is 41.5 Å². The molecule has 2 heterocycles. The Bertz CT molecular complexity index is 694. The normalized spacial score (nSPS) is 14.4. The monoisotopic (exact) mass is 451 g/mol. The van der Waals surface area contributed by atoms with E-state index in [1.807, 2.05) is 12.1 Å². The van der Waals surface area contributed by atoms with E-state index in [1.165, 1.54) is 10.9 Å². The van der Waals surface area contributed by atoms with Crippen molar-refractivity contribution in [2.45, 2.75) is 19.1 Å². The summed E-state index contributed by atoms with van der Waals surface area (Å²) in [5.74, 6) is 0.780. The van der Waals surface area contributed by atoms with Crippen molar-refractivity contribution in [1.82, 2.24) is 20.4 Å². The lowest BCUT2D eigenvalue weighted by Gasteiger charge is -2.16. The molecule has 24 heavy (non-hydrogen) atoms. The van der Waals surface area contributed by atoms with Crippen LogP contribution >= 0.6 is 24.0 Å². The molecule has 0 aliphatic carbocycles. The highest BCUT2D eigenvalue weighted by Crippen LogP contribution is 2.27. The molecule has 0 bridgehead atoms. The van der Waals surface area contributed by atoms with Crippen LogP contribution in [0.3, 0.4) is 0 Å². The van der Waals surface area contributed by atoms with Gasteiger partial charge in [0, 0.05) is 25.8 Å². The van der Waals surface area contributed by atoms with Gasteiger partial charge in [0.2, 0.25) is 0 Å². The number of aromatic nitrogens is 2. The van der Waals surface area contributed by atoms with E-state index < -0.39 is 11.9 Å². The van der Waals surface area contributed by atoms with E-state index in [9.17, 15) is 13.2 Å². The Morgan fingerprint density at radius 1 is 1.17 bits per heavy atom. The zero-order valence-electron chi connectivity index (χ0n) is 12.7. The molecule has 3 rings (SSSR count). The first-order valence-corrected chi connectivity index (χ1v) is 7.27. The predicted molar refractivity (Wildman–Crippen MR) is 95.7 cm³/mol. The molecule has 2 aromatic rings.